The number of benzene rings is 3. The summed E-state index contributed by atoms with van der Waals surface area (Å²) in [7, 11) is 0. The van der Waals surface area contributed by atoms with E-state index in [1.54, 1.807) is 18.2 Å². The molecule has 0 spiro atoms. The molecule has 0 aliphatic rings. The van der Waals surface area contributed by atoms with Gasteiger partial charge in [-0.3, -0.25) is 4.79 Å². The summed E-state index contributed by atoms with van der Waals surface area (Å²) in [4.78, 5) is 11.9. The number of hydrogen-bond donors (Lipinski definition) is 1. The van der Waals surface area contributed by atoms with Crippen LogP contribution >= 0.6 is 0 Å². The normalized spacial score (nSPS) is 10.2. The van der Waals surface area contributed by atoms with Crippen LogP contribution in [0.1, 0.15) is 5.56 Å². The molecule has 0 bridgehead atoms. The van der Waals surface area contributed by atoms with Gasteiger partial charge in [0.15, 0.2) is 18.2 Å². The summed E-state index contributed by atoms with van der Waals surface area (Å²) >= 11 is 0. The van der Waals surface area contributed by atoms with Gasteiger partial charge in [-0.05, 0) is 29.8 Å². The highest BCUT2D eigenvalue weighted by Gasteiger charge is 2.08. The maximum Gasteiger partial charge on any atom is 0.262 e. The first kappa shape index (κ1) is 17.5. The van der Waals surface area contributed by atoms with Gasteiger partial charge in [-0.2, -0.15) is 0 Å². The van der Waals surface area contributed by atoms with Gasteiger partial charge in [0.25, 0.3) is 5.91 Å². The Morgan fingerprint density at radius 1 is 0.885 bits per heavy atom. The lowest BCUT2D eigenvalue weighted by molar-refractivity contribution is -0.118. The molecule has 0 heterocycles. The van der Waals surface area contributed by atoms with Crippen molar-refractivity contribution in [1.29, 1.82) is 0 Å². The first-order valence-electron chi connectivity index (χ1n) is 8.15. The molecule has 0 saturated carbocycles. The van der Waals surface area contributed by atoms with E-state index in [2.05, 4.69) is 5.32 Å². The Morgan fingerprint density at radius 2 is 1.58 bits per heavy atom. The maximum absolute atomic E-state index is 14.1. The van der Waals surface area contributed by atoms with Crippen molar-refractivity contribution < 1.29 is 18.7 Å². The van der Waals surface area contributed by atoms with E-state index in [0.717, 1.165) is 5.56 Å². The lowest BCUT2D eigenvalue weighted by Gasteiger charge is -2.10. The van der Waals surface area contributed by atoms with Gasteiger partial charge in [0, 0.05) is 11.8 Å². The Morgan fingerprint density at radius 3 is 2.27 bits per heavy atom. The molecule has 3 aromatic rings. The third-order valence-corrected chi connectivity index (χ3v) is 3.57. The summed E-state index contributed by atoms with van der Waals surface area (Å²) < 4.78 is 25.0. The van der Waals surface area contributed by atoms with Gasteiger partial charge in [-0.15, -0.1) is 0 Å². The topological polar surface area (TPSA) is 47.6 Å². The van der Waals surface area contributed by atoms with Crippen molar-refractivity contribution in [2.45, 2.75) is 6.61 Å². The summed E-state index contributed by atoms with van der Waals surface area (Å²) in [5.41, 5.74) is 1.29. The second kappa shape index (κ2) is 8.67. The third kappa shape index (κ3) is 5.08. The zero-order valence-corrected chi connectivity index (χ0v) is 14.0. The zero-order chi connectivity index (χ0) is 18.2. The van der Waals surface area contributed by atoms with Crippen molar-refractivity contribution in [2.75, 3.05) is 11.9 Å². The number of carbonyl (C=O) groups excluding carboxylic acids is 1. The Hall–Kier alpha value is -3.34. The minimum absolute atomic E-state index is 0.132. The highest BCUT2D eigenvalue weighted by Crippen LogP contribution is 2.22. The highest BCUT2D eigenvalue weighted by molar-refractivity contribution is 5.91. The molecule has 0 saturated heterocycles. The van der Waals surface area contributed by atoms with Crippen LogP contribution in [-0.4, -0.2) is 12.5 Å². The number of hydrogen-bond acceptors (Lipinski definition) is 3. The van der Waals surface area contributed by atoms with E-state index in [4.69, 9.17) is 9.47 Å². The van der Waals surface area contributed by atoms with Crippen LogP contribution in [0.4, 0.5) is 10.1 Å². The molecule has 132 valence electrons. The van der Waals surface area contributed by atoms with E-state index in [1.165, 1.54) is 12.1 Å². The van der Waals surface area contributed by atoms with Gasteiger partial charge in [-0.25, -0.2) is 4.39 Å². The van der Waals surface area contributed by atoms with Gasteiger partial charge in [-0.1, -0.05) is 48.5 Å². The standard InChI is InChI=1S/C21H18FNO3/c22-19-13-17(23-21(24)15-25-18-9-5-2-6-10-18)11-12-20(19)26-14-16-7-3-1-4-8-16/h1-13H,14-15H2,(H,23,24). The van der Waals surface area contributed by atoms with Crippen LogP contribution in [0.5, 0.6) is 11.5 Å². The monoisotopic (exact) mass is 351 g/mol. The molecular formula is C21H18FNO3. The Balaban J connectivity index is 1.52. The SMILES string of the molecule is O=C(COc1ccccc1)Nc1ccc(OCc2ccccc2)c(F)c1. The largest absolute Gasteiger partial charge is 0.486 e. The second-order valence-electron chi connectivity index (χ2n) is 5.57. The molecule has 5 heteroatoms. The average molecular weight is 351 g/mol. The van der Waals surface area contributed by atoms with E-state index in [1.807, 2.05) is 48.5 Å². The van der Waals surface area contributed by atoms with Crippen molar-refractivity contribution in [2.24, 2.45) is 0 Å². The summed E-state index contributed by atoms with van der Waals surface area (Å²) in [6.07, 6.45) is 0. The Labute approximate surface area is 151 Å². The molecule has 1 amide bonds. The number of rotatable bonds is 7. The minimum atomic E-state index is -0.539. The predicted molar refractivity (Wildman–Crippen MR) is 97.7 cm³/mol. The lowest BCUT2D eigenvalue weighted by atomic mass is 10.2. The fourth-order valence-corrected chi connectivity index (χ4v) is 2.29. The molecule has 26 heavy (non-hydrogen) atoms. The molecule has 0 unspecified atom stereocenters. The summed E-state index contributed by atoms with van der Waals surface area (Å²) in [5, 5.41) is 2.59. The Kier molecular flexibility index (Phi) is 5.83. The highest BCUT2D eigenvalue weighted by atomic mass is 19.1. The van der Waals surface area contributed by atoms with Crippen molar-refractivity contribution in [3.63, 3.8) is 0 Å². The molecule has 0 fully saturated rings. The number of halogens is 1. The van der Waals surface area contributed by atoms with E-state index >= 15 is 0 Å². The van der Waals surface area contributed by atoms with E-state index in [-0.39, 0.29) is 24.9 Å². The lowest BCUT2D eigenvalue weighted by Crippen LogP contribution is -2.20. The van der Waals surface area contributed by atoms with Crippen molar-refractivity contribution in [3.05, 3.63) is 90.2 Å². The molecule has 0 radical (unpaired) electrons. The molecule has 0 atom stereocenters. The first-order chi connectivity index (χ1) is 12.7. The van der Waals surface area contributed by atoms with E-state index < -0.39 is 5.82 Å². The molecule has 1 N–H and O–H groups in total. The molecule has 4 nitrogen and oxygen atoms in total. The summed E-state index contributed by atoms with van der Waals surface area (Å²) in [5.74, 6) is -0.181. The number of carbonyl (C=O) groups is 1. The fraction of sp³-hybridized carbons (Fsp3) is 0.0952. The van der Waals surface area contributed by atoms with Crippen molar-refractivity contribution in [1.82, 2.24) is 0 Å². The number of nitrogens with one attached hydrogen (secondary N) is 1. The van der Waals surface area contributed by atoms with Crippen LogP contribution in [0.3, 0.4) is 0 Å². The smallest absolute Gasteiger partial charge is 0.262 e. The van der Waals surface area contributed by atoms with Gasteiger partial charge in [0.05, 0.1) is 0 Å². The Bertz CT molecular complexity index is 854. The maximum atomic E-state index is 14.1. The number of anilines is 1. The summed E-state index contributed by atoms with van der Waals surface area (Å²) in [6.45, 7) is 0.117. The van der Waals surface area contributed by atoms with Gasteiger partial charge < -0.3 is 14.8 Å². The molecular weight excluding hydrogens is 333 g/mol. The molecule has 0 aliphatic carbocycles. The van der Waals surface area contributed by atoms with Crippen molar-refractivity contribution in [3.8, 4) is 11.5 Å². The van der Waals surface area contributed by atoms with Gasteiger partial charge >= 0.3 is 0 Å². The van der Waals surface area contributed by atoms with Crippen LogP contribution in [0, 0.1) is 5.82 Å². The van der Waals surface area contributed by atoms with Crippen LogP contribution < -0.4 is 14.8 Å². The first-order valence-corrected chi connectivity index (χ1v) is 8.15. The predicted octanol–water partition coefficient (Wildman–Crippen LogP) is 4.42. The van der Waals surface area contributed by atoms with Crippen LogP contribution in [0.25, 0.3) is 0 Å². The van der Waals surface area contributed by atoms with Crippen LogP contribution in [0.15, 0.2) is 78.9 Å². The molecule has 0 aliphatic heterocycles. The van der Waals surface area contributed by atoms with E-state index in [0.29, 0.717) is 11.4 Å². The zero-order valence-electron chi connectivity index (χ0n) is 14.0. The van der Waals surface area contributed by atoms with Crippen LogP contribution in [-0.2, 0) is 11.4 Å². The number of amides is 1. The van der Waals surface area contributed by atoms with E-state index in [9.17, 15) is 9.18 Å². The second-order valence-corrected chi connectivity index (χ2v) is 5.57. The molecule has 3 aromatic carbocycles. The average Bonchev–Trinajstić information content (AvgIpc) is 2.67. The fourth-order valence-electron chi connectivity index (χ4n) is 2.29. The van der Waals surface area contributed by atoms with Gasteiger partial charge in [0.1, 0.15) is 12.4 Å². The quantitative estimate of drug-likeness (QED) is 0.685. The molecule has 3 rings (SSSR count). The number of ether oxygens (including phenoxy) is 2. The summed E-state index contributed by atoms with van der Waals surface area (Å²) in [6, 6.07) is 22.8. The number of para-hydroxylation sites is 1. The van der Waals surface area contributed by atoms with Crippen molar-refractivity contribution >= 4 is 11.6 Å². The molecule has 0 aromatic heterocycles. The third-order valence-electron chi connectivity index (χ3n) is 3.57. The van der Waals surface area contributed by atoms with Gasteiger partial charge in [0.2, 0.25) is 0 Å². The minimum Gasteiger partial charge on any atom is -0.486 e. The van der Waals surface area contributed by atoms with Crippen LogP contribution in [0.2, 0.25) is 0 Å².